The highest BCUT2D eigenvalue weighted by molar-refractivity contribution is 7.18. The Balaban J connectivity index is 2.76. The minimum Gasteiger partial charge on any atom is -0.366 e. The van der Waals surface area contributed by atoms with E-state index in [1.54, 1.807) is 6.92 Å². The maximum Gasteiger partial charge on any atom is 0.259 e. The first kappa shape index (κ1) is 14.3. The summed E-state index contributed by atoms with van der Waals surface area (Å²) in [5.41, 5.74) is 14.8. The van der Waals surface area contributed by atoms with E-state index in [9.17, 15) is 9.59 Å². The average Bonchev–Trinajstić information content (AvgIpc) is 2.66. The van der Waals surface area contributed by atoms with Gasteiger partial charge in [0.05, 0.1) is 10.4 Å². The summed E-state index contributed by atoms with van der Waals surface area (Å²) in [5, 5.41) is 0. The first-order valence-corrected chi connectivity index (χ1v) is 6.95. The Hall–Kier alpha value is -2.14. The van der Waals surface area contributed by atoms with Gasteiger partial charge in [-0.25, -0.2) is 0 Å². The van der Waals surface area contributed by atoms with Crippen molar-refractivity contribution in [3.63, 3.8) is 0 Å². The number of benzene rings is 1. The molecular weight excluding hydrogens is 272 g/mol. The predicted molar refractivity (Wildman–Crippen MR) is 81.0 cm³/mol. The predicted octanol–water partition coefficient (Wildman–Crippen LogP) is 2.54. The van der Waals surface area contributed by atoms with Gasteiger partial charge in [0, 0.05) is 4.88 Å². The highest BCUT2D eigenvalue weighted by atomic mass is 32.1. The fourth-order valence-corrected chi connectivity index (χ4v) is 3.56. The van der Waals surface area contributed by atoms with Crippen LogP contribution >= 0.6 is 11.3 Å². The molecule has 0 unspecified atom stereocenters. The number of carbonyl (C=O) groups is 2. The molecule has 20 heavy (non-hydrogen) atoms. The van der Waals surface area contributed by atoms with Crippen molar-refractivity contribution >= 4 is 23.2 Å². The van der Waals surface area contributed by atoms with E-state index >= 15 is 0 Å². The third-order valence-corrected chi connectivity index (χ3v) is 4.58. The largest absolute Gasteiger partial charge is 0.366 e. The molecule has 2 amide bonds. The van der Waals surface area contributed by atoms with Gasteiger partial charge in [-0.05, 0) is 37.5 Å². The third kappa shape index (κ3) is 2.32. The second-order valence-electron chi connectivity index (χ2n) is 4.81. The number of thiophene rings is 1. The van der Waals surface area contributed by atoms with E-state index < -0.39 is 11.8 Å². The van der Waals surface area contributed by atoms with Crippen LogP contribution in [0.5, 0.6) is 0 Å². The van der Waals surface area contributed by atoms with Gasteiger partial charge < -0.3 is 11.5 Å². The molecule has 0 aliphatic heterocycles. The van der Waals surface area contributed by atoms with Crippen molar-refractivity contribution in [2.24, 2.45) is 11.5 Å². The summed E-state index contributed by atoms with van der Waals surface area (Å²) in [4.78, 5) is 24.3. The normalized spacial score (nSPS) is 10.6. The molecule has 4 nitrogen and oxygen atoms in total. The smallest absolute Gasteiger partial charge is 0.259 e. The molecule has 4 N–H and O–H groups in total. The van der Waals surface area contributed by atoms with Gasteiger partial charge >= 0.3 is 0 Å². The third-order valence-electron chi connectivity index (χ3n) is 3.24. The summed E-state index contributed by atoms with van der Waals surface area (Å²) in [6.07, 6.45) is 0. The van der Waals surface area contributed by atoms with E-state index in [1.165, 1.54) is 11.3 Å². The van der Waals surface area contributed by atoms with Gasteiger partial charge in [0.1, 0.15) is 0 Å². The molecule has 0 saturated carbocycles. The molecule has 1 aromatic heterocycles. The molecule has 0 atom stereocenters. The molecular formula is C15H16N2O2S. The van der Waals surface area contributed by atoms with Crippen LogP contribution in [0.15, 0.2) is 18.2 Å². The van der Waals surface area contributed by atoms with Gasteiger partial charge in [0.25, 0.3) is 5.91 Å². The van der Waals surface area contributed by atoms with Gasteiger partial charge in [-0.1, -0.05) is 23.8 Å². The number of aryl methyl sites for hydroxylation is 2. The molecule has 0 aliphatic carbocycles. The minimum absolute atomic E-state index is 0.383. The fraction of sp³-hybridized carbons (Fsp3) is 0.200. The molecule has 0 spiro atoms. The number of hydrogen-bond donors (Lipinski definition) is 2. The zero-order chi connectivity index (χ0) is 15.0. The number of primary amides is 2. The van der Waals surface area contributed by atoms with Crippen LogP contribution in [0.1, 0.15) is 36.7 Å². The first-order chi connectivity index (χ1) is 9.32. The highest BCUT2D eigenvalue weighted by Crippen LogP contribution is 2.37. The van der Waals surface area contributed by atoms with Crippen LogP contribution in [0.3, 0.4) is 0 Å². The summed E-state index contributed by atoms with van der Waals surface area (Å²) in [6.45, 7) is 5.66. The van der Waals surface area contributed by atoms with Crippen molar-refractivity contribution < 1.29 is 9.59 Å². The molecule has 0 fully saturated rings. The molecule has 0 radical (unpaired) electrons. The monoisotopic (exact) mass is 288 g/mol. The number of carbonyl (C=O) groups excluding carboxylic acids is 2. The van der Waals surface area contributed by atoms with Crippen LogP contribution in [0.4, 0.5) is 0 Å². The first-order valence-electron chi connectivity index (χ1n) is 6.13. The van der Waals surface area contributed by atoms with Gasteiger partial charge in [-0.2, -0.15) is 0 Å². The molecule has 1 heterocycles. The van der Waals surface area contributed by atoms with Crippen molar-refractivity contribution in [1.29, 1.82) is 0 Å². The van der Waals surface area contributed by atoms with Crippen molar-refractivity contribution in [3.8, 4) is 10.4 Å². The number of hydrogen-bond acceptors (Lipinski definition) is 3. The van der Waals surface area contributed by atoms with Gasteiger partial charge in [0.2, 0.25) is 5.91 Å². The minimum atomic E-state index is -0.541. The van der Waals surface area contributed by atoms with Crippen LogP contribution in [0, 0.1) is 20.8 Å². The number of rotatable bonds is 3. The van der Waals surface area contributed by atoms with E-state index in [0.717, 1.165) is 16.7 Å². The lowest BCUT2D eigenvalue weighted by Crippen LogP contribution is -2.15. The maximum atomic E-state index is 11.7. The fourth-order valence-electron chi connectivity index (χ4n) is 2.30. The zero-order valence-electron chi connectivity index (χ0n) is 11.6. The molecule has 104 valence electrons. The molecule has 2 rings (SSSR count). The molecule has 5 heteroatoms. The SMILES string of the molecule is Cc1ccc(-c2sc(C(N)=O)c(C)c2C(N)=O)c(C)c1. The van der Waals surface area contributed by atoms with Crippen LogP contribution in [0.2, 0.25) is 0 Å². The van der Waals surface area contributed by atoms with Crippen LogP contribution in [-0.2, 0) is 0 Å². The maximum absolute atomic E-state index is 11.7. The lowest BCUT2D eigenvalue weighted by atomic mass is 9.99. The summed E-state index contributed by atoms with van der Waals surface area (Å²) in [6, 6.07) is 5.93. The molecule has 0 bridgehead atoms. The van der Waals surface area contributed by atoms with Gasteiger partial charge in [-0.15, -0.1) is 11.3 Å². The van der Waals surface area contributed by atoms with E-state index in [2.05, 4.69) is 0 Å². The summed E-state index contributed by atoms with van der Waals surface area (Å²) in [7, 11) is 0. The average molecular weight is 288 g/mol. The summed E-state index contributed by atoms with van der Waals surface area (Å²) < 4.78 is 0. The molecule has 1 aromatic carbocycles. The zero-order valence-corrected chi connectivity index (χ0v) is 12.4. The molecule has 0 aliphatic rings. The topological polar surface area (TPSA) is 86.2 Å². The van der Waals surface area contributed by atoms with E-state index in [-0.39, 0.29) is 0 Å². The number of nitrogens with two attached hydrogens (primary N) is 2. The van der Waals surface area contributed by atoms with E-state index in [1.807, 2.05) is 32.0 Å². The Morgan fingerprint density at radius 2 is 1.70 bits per heavy atom. The number of amides is 2. The quantitative estimate of drug-likeness (QED) is 0.909. The Bertz CT molecular complexity index is 717. The second-order valence-corrected chi connectivity index (χ2v) is 5.83. The Morgan fingerprint density at radius 3 is 2.20 bits per heavy atom. The van der Waals surface area contributed by atoms with Crippen LogP contribution < -0.4 is 11.5 Å². The Kier molecular flexibility index (Phi) is 3.63. The van der Waals surface area contributed by atoms with E-state index in [4.69, 9.17) is 11.5 Å². The Morgan fingerprint density at radius 1 is 1.05 bits per heavy atom. The van der Waals surface area contributed by atoms with E-state index in [0.29, 0.717) is 20.9 Å². The van der Waals surface area contributed by atoms with Crippen LogP contribution in [0.25, 0.3) is 10.4 Å². The second kappa shape index (κ2) is 5.09. The highest BCUT2D eigenvalue weighted by Gasteiger charge is 2.23. The summed E-state index contributed by atoms with van der Waals surface area (Å²) >= 11 is 1.22. The van der Waals surface area contributed by atoms with Gasteiger partial charge in [-0.3, -0.25) is 9.59 Å². The standard InChI is InChI=1S/C15H16N2O2S/c1-7-4-5-10(8(2)6-7)13-11(14(16)18)9(3)12(20-13)15(17)19/h4-6H,1-3H3,(H2,16,18)(H2,17,19). The summed E-state index contributed by atoms with van der Waals surface area (Å²) in [5.74, 6) is -1.08. The van der Waals surface area contributed by atoms with Crippen molar-refractivity contribution in [2.45, 2.75) is 20.8 Å². The lowest BCUT2D eigenvalue weighted by Gasteiger charge is -2.07. The van der Waals surface area contributed by atoms with Crippen molar-refractivity contribution in [3.05, 3.63) is 45.3 Å². The Labute approximate surface area is 121 Å². The van der Waals surface area contributed by atoms with Crippen molar-refractivity contribution in [1.82, 2.24) is 0 Å². The lowest BCUT2D eigenvalue weighted by molar-refractivity contribution is 0.0999. The van der Waals surface area contributed by atoms with Crippen molar-refractivity contribution in [2.75, 3.05) is 0 Å². The van der Waals surface area contributed by atoms with Gasteiger partial charge in [0.15, 0.2) is 0 Å². The van der Waals surface area contributed by atoms with Crippen LogP contribution in [-0.4, -0.2) is 11.8 Å². The molecule has 2 aromatic rings. The molecule has 0 saturated heterocycles.